The molecule has 1 aromatic carbocycles. The highest BCUT2D eigenvalue weighted by molar-refractivity contribution is 7.16. The Morgan fingerprint density at radius 1 is 1.32 bits per heavy atom. The van der Waals surface area contributed by atoms with Crippen molar-refractivity contribution in [2.75, 3.05) is 13.6 Å². The van der Waals surface area contributed by atoms with Gasteiger partial charge < -0.3 is 5.73 Å². The minimum atomic E-state index is 0.220. The average molecular weight is 295 g/mol. The number of hydrogen-bond donors (Lipinski definition) is 1. The van der Waals surface area contributed by atoms with Crippen LogP contribution in [0.4, 0.5) is 0 Å². The summed E-state index contributed by atoms with van der Waals surface area (Å²) in [4.78, 5) is 3.50. The van der Waals surface area contributed by atoms with E-state index in [0.717, 1.165) is 10.9 Å². The van der Waals surface area contributed by atoms with Gasteiger partial charge in [-0.15, -0.1) is 11.3 Å². The topological polar surface area (TPSA) is 29.3 Å². The molecule has 0 aliphatic rings. The summed E-state index contributed by atoms with van der Waals surface area (Å²) >= 11 is 7.61. The number of rotatable bonds is 5. The fourth-order valence-electron chi connectivity index (χ4n) is 2.23. The van der Waals surface area contributed by atoms with Gasteiger partial charge in [-0.1, -0.05) is 41.4 Å². The largest absolute Gasteiger partial charge is 0.329 e. The van der Waals surface area contributed by atoms with Crippen molar-refractivity contribution in [2.24, 2.45) is 5.73 Å². The second kappa shape index (κ2) is 6.53. The predicted octanol–water partition coefficient (Wildman–Crippen LogP) is 3.84. The summed E-state index contributed by atoms with van der Waals surface area (Å²) in [6.45, 7) is 3.60. The molecule has 2 rings (SSSR count). The van der Waals surface area contributed by atoms with Crippen molar-refractivity contribution in [1.29, 1.82) is 0 Å². The number of nitrogens with zero attached hydrogens (tertiary/aromatic N) is 1. The lowest BCUT2D eigenvalue weighted by Crippen LogP contribution is -2.29. The van der Waals surface area contributed by atoms with Gasteiger partial charge in [-0.05, 0) is 31.7 Å². The fraction of sp³-hybridized carbons (Fsp3) is 0.333. The molecule has 19 heavy (non-hydrogen) atoms. The minimum absolute atomic E-state index is 0.220. The SMILES string of the molecule is Cc1cccc(CN(C)C(CN)c2ccc(Cl)s2)c1. The first kappa shape index (κ1) is 14.5. The van der Waals surface area contributed by atoms with Crippen LogP contribution in [0.25, 0.3) is 0 Å². The zero-order valence-corrected chi connectivity index (χ0v) is 12.8. The minimum Gasteiger partial charge on any atom is -0.329 e. The highest BCUT2D eigenvalue weighted by Crippen LogP contribution is 2.30. The molecule has 0 amide bonds. The van der Waals surface area contributed by atoms with Crippen LogP contribution in [0.3, 0.4) is 0 Å². The smallest absolute Gasteiger partial charge is 0.0931 e. The Morgan fingerprint density at radius 2 is 2.11 bits per heavy atom. The average Bonchev–Trinajstić information content (AvgIpc) is 2.76. The van der Waals surface area contributed by atoms with Gasteiger partial charge in [0.25, 0.3) is 0 Å². The lowest BCUT2D eigenvalue weighted by atomic mass is 10.1. The molecule has 1 unspecified atom stereocenters. The molecule has 0 saturated heterocycles. The first-order valence-corrected chi connectivity index (χ1v) is 7.50. The summed E-state index contributed by atoms with van der Waals surface area (Å²) in [6, 6.07) is 12.8. The van der Waals surface area contributed by atoms with Gasteiger partial charge in [0.1, 0.15) is 0 Å². The quantitative estimate of drug-likeness (QED) is 0.908. The number of thiophene rings is 1. The number of nitrogens with two attached hydrogens (primary N) is 1. The van der Waals surface area contributed by atoms with Crippen LogP contribution < -0.4 is 5.73 Å². The molecule has 1 heterocycles. The van der Waals surface area contributed by atoms with Gasteiger partial charge in [-0.2, -0.15) is 0 Å². The molecule has 0 spiro atoms. The molecule has 1 atom stereocenters. The van der Waals surface area contributed by atoms with Gasteiger partial charge in [0.2, 0.25) is 0 Å². The van der Waals surface area contributed by atoms with E-state index in [2.05, 4.69) is 49.2 Å². The molecule has 0 fully saturated rings. The van der Waals surface area contributed by atoms with E-state index < -0.39 is 0 Å². The Hall–Kier alpha value is -0.870. The van der Waals surface area contributed by atoms with Gasteiger partial charge in [0, 0.05) is 18.0 Å². The second-order valence-electron chi connectivity index (χ2n) is 4.80. The van der Waals surface area contributed by atoms with Crippen molar-refractivity contribution in [1.82, 2.24) is 4.90 Å². The van der Waals surface area contributed by atoms with E-state index in [1.54, 1.807) is 11.3 Å². The van der Waals surface area contributed by atoms with Crippen LogP contribution in [-0.4, -0.2) is 18.5 Å². The van der Waals surface area contributed by atoms with Gasteiger partial charge in [0.05, 0.1) is 10.4 Å². The Bertz CT molecular complexity index is 538. The lowest BCUT2D eigenvalue weighted by molar-refractivity contribution is 0.245. The maximum Gasteiger partial charge on any atom is 0.0931 e. The molecule has 0 aliphatic carbocycles. The van der Waals surface area contributed by atoms with Gasteiger partial charge in [0.15, 0.2) is 0 Å². The third-order valence-electron chi connectivity index (χ3n) is 3.19. The van der Waals surface area contributed by atoms with Gasteiger partial charge in [-0.3, -0.25) is 4.90 Å². The standard InChI is InChI=1S/C15H19ClN2S/c1-11-4-3-5-12(8-11)10-18(2)13(9-17)14-6-7-15(16)19-14/h3-8,13H,9-10,17H2,1-2H3. The molecular formula is C15H19ClN2S. The highest BCUT2D eigenvalue weighted by Gasteiger charge is 2.17. The van der Waals surface area contributed by atoms with E-state index in [4.69, 9.17) is 17.3 Å². The van der Waals surface area contributed by atoms with Crippen molar-refractivity contribution >= 4 is 22.9 Å². The van der Waals surface area contributed by atoms with Crippen molar-refractivity contribution in [2.45, 2.75) is 19.5 Å². The van der Waals surface area contributed by atoms with Crippen molar-refractivity contribution < 1.29 is 0 Å². The highest BCUT2D eigenvalue weighted by atomic mass is 35.5. The lowest BCUT2D eigenvalue weighted by Gasteiger charge is -2.26. The van der Waals surface area contributed by atoms with E-state index in [1.165, 1.54) is 16.0 Å². The molecule has 0 radical (unpaired) electrons. The van der Waals surface area contributed by atoms with Crippen molar-refractivity contribution in [3.8, 4) is 0 Å². The van der Waals surface area contributed by atoms with E-state index in [-0.39, 0.29) is 6.04 Å². The number of hydrogen-bond acceptors (Lipinski definition) is 3. The zero-order valence-electron chi connectivity index (χ0n) is 11.3. The van der Waals surface area contributed by atoms with Crippen LogP contribution in [0, 0.1) is 6.92 Å². The summed E-state index contributed by atoms with van der Waals surface area (Å²) in [5.74, 6) is 0. The number of benzene rings is 1. The Labute approximate surface area is 123 Å². The van der Waals surface area contributed by atoms with Gasteiger partial charge >= 0.3 is 0 Å². The van der Waals surface area contributed by atoms with E-state index in [9.17, 15) is 0 Å². The van der Waals surface area contributed by atoms with Gasteiger partial charge in [-0.25, -0.2) is 0 Å². The molecule has 0 bridgehead atoms. The molecule has 1 aromatic heterocycles. The van der Waals surface area contributed by atoms with Crippen molar-refractivity contribution in [3.63, 3.8) is 0 Å². The summed E-state index contributed by atoms with van der Waals surface area (Å²) in [5.41, 5.74) is 8.52. The molecule has 0 aliphatic heterocycles. The predicted molar refractivity (Wildman–Crippen MR) is 83.8 cm³/mol. The monoisotopic (exact) mass is 294 g/mol. The van der Waals surface area contributed by atoms with E-state index in [0.29, 0.717) is 6.54 Å². The summed E-state index contributed by atoms with van der Waals surface area (Å²) in [7, 11) is 2.10. The number of likely N-dealkylation sites (N-methyl/N-ethyl adjacent to an activating group) is 1. The maximum atomic E-state index is 6.01. The van der Waals surface area contributed by atoms with Crippen LogP contribution in [-0.2, 0) is 6.54 Å². The van der Waals surface area contributed by atoms with Crippen LogP contribution in [0.1, 0.15) is 22.0 Å². The Morgan fingerprint density at radius 3 is 2.68 bits per heavy atom. The van der Waals surface area contributed by atoms with Crippen molar-refractivity contribution in [3.05, 3.63) is 56.7 Å². The van der Waals surface area contributed by atoms with Crippen LogP contribution >= 0.6 is 22.9 Å². The summed E-state index contributed by atoms with van der Waals surface area (Å²) < 4.78 is 0.817. The first-order chi connectivity index (χ1) is 9.10. The summed E-state index contributed by atoms with van der Waals surface area (Å²) in [5, 5.41) is 0. The van der Waals surface area contributed by atoms with E-state index in [1.807, 2.05) is 6.07 Å². The fourth-order valence-corrected chi connectivity index (χ4v) is 3.47. The molecule has 0 saturated carbocycles. The molecule has 2 nitrogen and oxygen atoms in total. The maximum absolute atomic E-state index is 6.01. The summed E-state index contributed by atoms with van der Waals surface area (Å²) in [6.07, 6.45) is 0. The third kappa shape index (κ3) is 3.80. The van der Waals surface area contributed by atoms with Crippen LogP contribution in [0.15, 0.2) is 36.4 Å². The second-order valence-corrected chi connectivity index (χ2v) is 6.54. The van der Waals surface area contributed by atoms with Crippen LogP contribution in [0.5, 0.6) is 0 Å². The molecule has 2 N–H and O–H groups in total. The molecule has 4 heteroatoms. The number of halogens is 1. The zero-order chi connectivity index (χ0) is 13.8. The third-order valence-corrected chi connectivity index (χ3v) is 4.52. The molecule has 102 valence electrons. The first-order valence-electron chi connectivity index (χ1n) is 6.31. The number of aryl methyl sites for hydroxylation is 1. The van der Waals surface area contributed by atoms with Crippen LogP contribution in [0.2, 0.25) is 4.34 Å². The van der Waals surface area contributed by atoms with E-state index >= 15 is 0 Å². The Balaban J connectivity index is 2.11. The Kier molecular flexibility index (Phi) is 4.99. The molecule has 2 aromatic rings. The normalized spacial score (nSPS) is 12.9. The molecular weight excluding hydrogens is 276 g/mol.